The number of carbonyl (C=O) groups is 2. The van der Waals surface area contributed by atoms with Gasteiger partial charge in [0.15, 0.2) is 5.78 Å². The first-order valence-corrected chi connectivity index (χ1v) is 5.38. The van der Waals surface area contributed by atoms with Crippen molar-refractivity contribution in [2.45, 2.75) is 38.2 Å². The second-order valence-electron chi connectivity index (χ2n) is 3.85. The Bertz CT molecular complexity index is 328. The molecule has 0 fully saturated rings. The molecule has 16 heavy (non-hydrogen) atoms. The van der Waals surface area contributed by atoms with Gasteiger partial charge in [-0.25, -0.2) is 0 Å². The van der Waals surface area contributed by atoms with Crippen LogP contribution >= 0.6 is 0 Å². The molecular formula is C12H16O4. The summed E-state index contributed by atoms with van der Waals surface area (Å²) in [5, 5.41) is 17.6. The molecule has 1 rings (SSSR count). The fourth-order valence-corrected chi connectivity index (χ4v) is 1.59. The molecule has 0 saturated heterocycles. The third-order valence-electron chi connectivity index (χ3n) is 2.41. The highest BCUT2D eigenvalue weighted by Crippen LogP contribution is 2.18. The minimum atomic E-state index is -0.787. The lowest BCUT2D eigenvalue weighted by atomic mass is 10.1. The quantitative estimate of drug-likeness (QED) is 0.529. The van der Waals surface area contributed by atoms with Crippen molar-refractivity contribution >= 4 is 11.8 Å². The minimum Gasteiger partial charge on any atom is -0.481 e. The smallest absolute Gasteiger partial charge is 0.303 e. The largest absolute Gasteiger partial charge is 0.481 e. The van der Waals surface area contributed by atoms with E-state index in [0.717, 1.165) is 0 Å². The van der Waals surface area contributed by atoms with Crippen LogP contribution in [0.1, 0.15) is 32.1 Å². The molecule has 4 heteroatoms. The molecule has 0 heterocycles. The zero-order chi connectivity index (χ0) is 12.0. The van der Waals surface area contributed by atoms with Gasteiger partial charge in [-0.05, 0) is 30.9 Å². The summed E-state index contributed by atoms with van der Waals surface area (Å²) in [6.45, 7) is 0. The number of aliphatic hydroxyl groups excluding tert-OH is 1. The summed E-state index contributed by atoms with van der Waals surface area (Å²) in [7, 11) is 0. The number of carbonyl (C=O) groups excluding carboxylic acids is 1. The summed E-state index contributed by atoms with van der Waals surface area (Å²) in [5.74, 6) is -0.784. The number of aliphatic carboxylic acids is 1. The van der Waals surface area contributed by atoms with Crippen LogP contribution in [0, 0.1) is 0 Å². The summed E-state index contributed by atoms with van der Waals surface area (Å²) in [4.78, 5) is 21.5. The Balaban J connectivity index is 2.19. The molecule has 0 bridgehead atoms. The average molecular weight is 224 g/mol. The van der Waals surface area contributed by atoms with E-state index in [0.29, 0.717) is 24.8 Å². The molecule has 88 valence electrons. The minimum absolute atomic E-state index is 0.00249. The van der Waals surface area contributed by atoms with Crippen molar-refractivity contribution < 1.29 is 19.8 Å². The number of ketones is 1. The second-order valence-corrected chi connectivity index (χ2v) is 3.85. The predicted molar refractivity (Wildman–Crippen MR) is 59.0 cm³/mol. The number of aliphatic hydroxyl groups is 1. The van der Waals surface area contributed by atoms with Gasteiger partial charge in [0.05, 0.1) is 6.10 Å². The predicted octanol–water partition coefficient (Wildman–Crippen LogP) is 1.45. The van der Waals surface area contributed by atoms with E-state index in [-0.39, 0.29) is 18.6 Å². The molecule has 0 radical (unpaired) electrons. The molecule has 1 unspecified atom stereocenters. The first-order chi connectivity index (χ1) is 7.59. The highest BCUT2D eigenvalue weighted by Gasteiger charge is 2.20. The van der Waals surface area contributed by atoms with Gasteiger partial charge in [-0.15, -0.1) is 0 Å². The summed E-state index contributed by atoms with van der Waals surface area (Å²) in [6.07, 6.45) is 6.91. The summed E-state index contributed by atoms with van der Waals surface area (Å²) < 4.78 is 0. The Morgan fingerprint density at radius 2 is 2.25 bits per heavy atom. The molecule has 1 aliphatic rings. The third kappa shape index (κ3) is 4.40. The maximum atomic E-state index is 11.3. The molecule has 0 aliphatic heterocycles. The lowest BCUT2D eigenvalue weighted by molar-refractivity contribution is -0.137. The molecule has 0 spiro atoms. The van der Waals surface area contributed by atoms with Gasteiger partial charge in [0.25, 0.3) is 0 Å². The van der Waals surface area contributed by atoms with E-state index in [9.17, 15) is 14.7 Å². The lowest BCUT2D eigenvalue weighted by Gasteiger charge is -1.94. The number of Topliss-reactive ketones (excluding diaryl/α,β-unsaturated/α-hetero) is 1. The Kier molecular flexibility index (Phi) is 4.92. The van der Waals surface area contributed by atoms with Crippen LogP contribution in [0.25, 0.3) is 0 Å². The zero-order valence-corrected chi connectivity index (χ0v) is 9.06. The Labute approximate surface area is 94.3 Å². The second kappa shape index (κ2) is 6.23. The fourth-order valence-electron chi connectivity index (χ4n) is 1.59. The highest BCUT2D eigenvalue weighted by molar-refractivity contribution is 5.98. The lowest BCUT2D eigenvalue weighted by Crippen LogP contribution is -2.00. The highest BCUT2D eigenvalue weighted by atomic mass is 16.4. The van der Waals surface area contributed by atoms with E-state index >= 15 is 0 Å². The number of unbranched alkanes of at least 4 members (excludes halogenated alkanes) is 1. The van der Waals surface area contributed by atoms with Gasteiger partial charge in [0, 0.05) is 12.8 Å². The first-order valence-electron chi connectivity index (χ1n) is 5.38. The molecule has 0 saturated carbocycles. The van der Waals surface area contributed by atoms with Crippen LogP contribution in [0.15, 0.2) is 23.8 Å². The van der Waals surface area contributed by atoms with Crippen molar-refractivity contribution in [2.75, 3.05) is 0 Å². The van der Waals surface area contributed by atoms with E-state index in [4.69, 9.17) is 5.11 Å². The average Bonchev–Trinajstić information content (AvgIpc) is 2.50. The van der Waals surface area contributed by atoms with E-state index < -0.39 is 12.1 Å². The van der Waals surface area contributed by atoms with Crippen LogP contribution in [-0.2, 0) is 9.59 Å². The van der Waals surface area contributed by atoms with Crippen LogP contribution < -0.4 is 0 Å². The van der Waals surface area contributed by atoms with Crippen molar-refractivity contribution in [3.05, 3.63) is 23.8 Å². The van der Waals surface area contributed by atoms with Crippen molar-refractivity contribution in [2.24, 2.45) is 0 Å². The Hall–Kier alpha value is -1.42. The molecule has 2 N–H and O–H groups in total. The summed E-state index contributed by atoms with van der Waals surface area (Å²) in [5.41, 5.74) is 0.655. The molecular weight excluding hydrogens is 208 g/mol. The van der Waals surface area contributed by atoms with Crippen LogP contribution in [0.2, 0.25) is 0 Å². The summed E-state index contributed by atoms with van der Waals surface area (Å²) >= 11 is 0. The maximum absolute atomic E-state index is 11.3. The number of rotatable bonds is 6. The molecule has 1 aliphatic carbocycles. The van der Waals surface area contributed by atoms with Gasteiger partial charge in [0.2, 0.25) is 0 Å². The van der Waals surface area contributed by atoms with E-state index in [1.807, 2.05) is 12.2 Å². The van der Waals surface area contributed by atoms with E-state index in [1.165, 1.54) is 0 Å². The normalized spacial score (nSPS) is 20.4. The number of carboxylic acid groups (broad SMARTS) is 1. The monoisotopic (exact) mass is 224 g/mol. The van der Waals surface area contributed by atoms with E-state index in [2.05, 4.69) is 0 Å². The zero-order valence-electron chi connectivity index (χ0n) is 9.06. The molecule has 4 nitrogen and oxygen atoms in total. The van der Waals surface area contributed by atoms with Crippen molar-refractivity contribution in [1.29, 1.82) is 0 Å². The fraction of sp³-hybridized carbons (Fsp3) is 0.500. The first kappa shape index (κ1) is 12.6. The number of allylic oxidation sites excluding steroid dienone is 3. The maximum Gasteiger partial charge on any atom is 0.303 e. The Morgan fingerprint density at radius 3 is 2.81 bits per heavy atom. The van der Waals surface area contributed by atoms with Gasteiger partial charge >= 0.3 is 5.97 Å². The van der Waals surface area contributed by atoms with E-state index in [1.54, 1.807) is 6.08 Å². The Morgan fingerprint density at radius 1 is 1.50 bits per heavy atom. The molecule has 0 aromatic carbocycles. The number of carboxylic acids is 1. The van der Waals surface area contributed by atoms with Crippen LogP contribution in [0.4, 0.5) is 0 Å². The van der Waals surface area contributed by atoms with Crippen molar-refractivity contribution in [3.8, 4) is 0 Å². The molecule has 0 aromatic heterocycles. The van der Waals surface area contributed by atoms with Gasteiger partial charge < -0.3 is 10.2 Å². The van der Waals surface area contributed by atoms with Crippen molar-refractivity contribution in [3.63, 3.8) is 0 Å². The number of hydrogen-bond donors (Lipinski definition) is 2. The van der Waals surface area contributed by atoms with Gasteiger partial charge in [0.1, 0.15) is 0 Å². The van der Waals surface area contributed by atoms with Gasteiger partial charge in [-0.1, -0.05) is 12.2 Å². The van der Waals surface area contributed by atoms with Gasteiger partial charge in [-0.3, -0.25) is 9.59 Å². The standard InChI is InChI=1S/C12H16O4/c13-10-7-9(11(14)8-10)5-3-1-2-4-6-12(15)16/h1,3,7,10,13H,2,4-6,8H2,(H,15,16)/b3-1+. The van der Waals surface area contributed by atoms with Crippen LogP contribution in [0.3, 0.4) is 0 Å². The summed E-state index contributed by atoms with van der Waals surface area (Å²) in [6, 6.07) is 0. The molecule has 1 atom stereocenters. The molecule has 0 aromatic rings. The third-order valence-corrected chi connectivity index (χ3v) is 2.41. The van der Waals surface area contributed by atoms with Crippen molar-refractivity contribution in [1.82, 2.24) is 0 Å². The molecule has 0 amide bonds. The van der Waals surface area contributed by atoms with Crippen LogP contribution in [0.5, 0.6) is 0 Å². The van der Waals surface area contributed by atoms with Crippen LogP contribution in [-0.4, -0.2) is 28.1 Å². The SMILES string of the molecule is O=C(O)CCC/C=C/CC1=CC(O)CC1=O. The topological polar surface area (TPSA) is 74.6 Å². The van der Waals surface area contributed by atoms with Gasteiger partial charge in [-0.2, -0.15) is 0 Å². The number of hydrogen-bond acceptors (Lipinski definition) is 3.